The summed E-state index contributed by atoms with van der Waals surface area (Å²) in [5.41, 5.74) is 5.93. The summed E-state index contributed by atoms with van der Waals surface area (Å²) < 4.78 is 1.79. The van der Waals surface area contributed by atoms with Crippen LogP contribution >= 0.6 is 11.3 Å². The van der Waals surface area contributed by atoms with Crippen LogP contribution in [-0.4, -0.2) is 21.7 Å². The van der Waals surface area contributed by atoms with E-state index < -0.39 is 0 Å². The molecule has 0 radical (unpaired) electrons. The molecule has 0 unspecified atom stereocenters. The van der Waals surface area contributed by atoms with Crippen LogP contribution in [0.15, 0.2) is 17.8 Å². The zero-order chi connectivity index (χ0) is 9.26. The third-order valence-electron chi connectivity index (χ3n) is 1.80. The highest BCUT2D eigenvalue weighted by Crippen LogP contribution is 2.13. The lowest BCUT2D eigenvalue weighted by Gasteiger charge is -1.94. The van der Waals surface area contributed by atoms with E-state index >= 15 is 0 Å². The van der Waals surface area contributed by atoms with Gasteiger partial charge >= 0.3 is 0 Å². The van der Waals surface area contributed by atoms with Crippen LogP contribution in [0.1, 0.15) is 16.9 Å². The quantitative estimate of drug-likeness (QED) is 0.741. The van der Waals surface area contributed by atoms with Crippen LogP contribution in [0.3, 0.4) is 0 Å². The third-order valence-corrected chi connectivity index (χ3v) is 2.57. The molecule has 0 saturated heterocycles. The zero-order valence-electron chi connectivity index (χ0n) is 6.93. The first-order valence-electron chi connectivity index (χ1n) is 3.96. The van der Waals surface area contributed by atoms with Gasteiger partial charge in [-0.15, -0.1) is 11.3 Å². The summed E-state index contributed by atoms with van der Waals surface area (Å²) >= 11 is 1.51. The van der Waals surface area contributed by atoms with Gasteiger partial charge in [0.2, 0.25) is 0 Å². The molecule has 0 aliphatic rings. The number of carbonyl (C=O) groups is 1. The molecule has 0 fully saturated rings. The van der Waals surface area contributed by atoms with Crippen LogP contribution in [-0.2, 0) is 0 Å². The molecular formula is C8H9N3OS. The molecule has 0 atom stereocenters. The van der Waals surface area contributed by atoms with Crippen molar-refractivity contribution in [3.05, 3.63) is 23.5 Å². The van der Waals surface area contributed by atoms with E-state index in [0.717, 1.165) is 4.96 Å². The van der Waals surface area contributed by atoms with Gasteiger partial charge in [0.05, 0.1) is 6.20 Å². The molecule has 0 saturated carbocycles. The minimum atomic E-state index is 0.0494. The molecule has 13 heavy (non-hydrogen) atoms. The van der Waals surface area contributed by atoms with Gasteiger partial charge < -0.3 is 5.73 Å². The molecule has 5 heteroatoms. The molecule has 68 valence electrons. The Morgan fingerprint density at radius 3 is 3.31 bits per heavy atom. The lowest BCUT2D eigenvalue weighted by atomic mass is 10.2. The monoisotopic (exact) mass is 195 g/mol. The maximum absolute atomic E-state index is 11.5. The van der Waals surface area contributed by atoms with Crippen LogP contribution in [0, 0.1) is 0 Å². The smallest absolute Gasteiger partial charge is 0.194 e. The molecular weight excluding hydrogens is 186 g/mol. The van der Waals surface area contributed by atoms with Gasteiger partial charge in [-0.1, -0.05) is 0 Å². The van der Waals surface area contributed by atoms with Gasteiger partial charge in [-0.3, -0.25) is 9.20 Å². The van der Waals surface area contributed by atoms with Gasteiger partial charge in [0.15, 0.2) is 10.7 Å². The van der Waals surface area contributed by atoms with Crippen molar-refractivity contribution in [2.45, 2.75) is 6.42 Å². The SMILES string of the molecule is NCCC(=O)c1cnc2sccn12. The van der Waals surface area contributed by atoms with E-state index in [1.165, 1.54) is 11.3 Å². The van der Waals surface area contributed by atoms with Gasteiger partial charge in [-0.2, -0.15) is 0 Å². The Hall–Kier alpha value is -1.20. The van der Waals surface area contributed by atoms with Crippen molar-refractivity contribution in [2.24, 2.45) is 5.73 Å². The highest BCUT2D eigenvalue weighted by Gasteiger charge is 2.10. The zero-order valence-corrected chi connectivity index (χ0v) is 7.75. The van der Waals surface area contributed by atoms with Gasteiger partial charge in [0.25, 0.3) is 0 Å². The second-order valence-electron chi connectivity index (χ2n) is 2.66. The van der Waals surface area contributed by atoms with Gasteiger partial charge in [0.1, 0.15) is 5.69 Å². The molecule has 0 spiro atoms. The van der Waals surface area contributed by atoms with Crippen molar-refractivity contribution >= 4 is 22.1 Å². The van der Waals surface area contributed by atoms with E-state index in [0.29, 0.717) is 18.7 Å². The summed E-state index contributed by atoms with van der Waals surface area (Å²) in [7, 11) is 0. The summed E-state index contributed by atoms with van der Waals surface area (Å²) in [6, 6.07) is 0. The average Bonchev–Trinajstić information content (AvgIpc) is 2.62. The van der Waals surface area contributed by atoms with Crippen LogP contribution in [0.2, 0.25) is 0 Å². The number of fused-ring (bicyclic) bond motifs is 1. The van der Waals surface area contributed by atoms with Crippen LogP contribution < -0.4 is 5.73 Å². The van der Waals surface area contributed by atoms with Crippen molar-refractivity contribution in [3.63, 3.8) is 0 Å². The predicted molar refractivity (Wildman–Crippen MR) is 51.1 cm³/mol. The van der Waals surface area contributed by atoms with E-state index in [4.69, 9.17) is 5.73 Å². The van der Waals surface area contributed by atoms with Crippen molar-refractivity contribution in [3.8, 4) is 0 Å². The molecule has 2 aromatic heterocycles. The summed E-state index contributed by atoms with van der Waals surface area (Å²) in [6.07, 6.45) is 3.82. The van der Waals surface area contributed by atoms with Gasteiger partial charge in [-0.25, -0.2) is 4.98 Å². The summed E-state index contributed by atoms with van der Waals surface area (Å²) in [6.45, 7) is 0.385. The van der Waals surface area contributed by atoms with Crippen LogP contribution in [0.5, 0.6) is 0 Å². The first-order valence-corrected chi connectivity index (χ1v) is 4.84. The summed E-state index contributed by atoms with van der Waals surface area (Å²) in [5.74, 6) is 0.0494. The Labute approximate surface area is 79.0 Å². The summed E-state index contributed by atoms with van der Waals surface area (Å²) in [4.78, 5) is 16.4. The Morgan fingerprint density at radius 1 is 1.69 bits per heavy atom. The maximum Gasteiger partial charge on any atom is 0.194 e. The van der Waals surface area contributed by atoms with Gasteiger partial charge in [0, 0.05) is 18.0 Å². The number of carbonyl (C=O) groups excluding carboxylic acids is 1. The predicted octanol–water partition coefficient (Wildman–Crippen LogP) is 0.927. The fraction of sp³-hybridized carbons (Fsp3) is 0.250. The number of rotatable bonds is 3. The molecule has 0 bridgehead atoms. The fourth-order valence-electron chi connectivity index (χ4n) is 1.19. The van der Waals surface area contributed by atoms with Crippen LogP contribution in [0.25, 0.3) is 4.96 Å². The Balaban J connectivity index is 2.42. The largest absolute Gasteiger partial charge is 0.330 e. The number of thiazole rings is 1. The third kappa shape index (κ3) is 1.36. The van der Waals surface area contributed by atoms with E-state index in [-0.39, 0.29) is 5.78 Å². The molecule has 2 aromatic rings. The average molecular weight is 195 g/mol. The standard InChI is InChI=1S/C8H9N3OS/c9-2-1-7(12)6-5-10-8-11(6)3-4-13-8/h3-5H,1-2,9H2. The Morgan fingerprint density at radius 2 is 2.54 bits per heavy atom. The Bertz CT molecular complexity index is 431. The van der Waals surface area contributed by atoms with E-state index in [1.807, 2.05) is 11.6 Å². The second kappa shape index (κ2) is 3.27. The molecule has 0 aliphatic heterocycles. The molecule has 2 heterocycles. The lowest BCUT2D eigenvalue weighted by molar-refractivity contribution is 0.0980. The Kier molecular flexibility index (Phi) is 2.12. The van der Waals surface area contributed by atoms with E-state index in [9.17, 15) is 4.79 Å². The fourth-order valence-corrected chi connectivity index (χ4v) is 1.88. The van der Waals surface area contributed by atoms with E-state index in [2.05, 4.69) is 4.98 Å². The molecule has 4 nitrogen and oxygen atoms in total. The number of imidazole rings is 1. The normalized spacial score (nSPS) is 10.8. The van der Waals surface area contributed by atoms with Crippen molar-refractivity contribution in [1.29, 1.82) is 0 Å². The molecule has 2 rings (SSSR count). The number of ketones is 1. The number of aromatic nitrogens is 2. The highest BCUT2D eigenvalue weighted by atomic mass is 32.1. The molecule has 0 aromatic carbocycles. The molecule has 0 amide bonds. The first-order chi connectivity index (χ1) is 6.33. The second-order valence-corrected chi connectivity index (χ2v) is 3.53. The summed E-state index contributed by atoms with van der Waals surface area (Å²) in [5, 5.41) is 1.90. The highest BCUT2D eigenvalue weighted by molar-refractivity contribution is 7.15. The number of hydrogen-bond acceptors (Lipinski definition) is 4. The number of nitrogens with two attached hydrogens (primary N) is 1. The number of Topliss-reactive ketones (excluding diaryl/α,β-unsaturated/α-hetero) is 1. The number of nitrogens with zero attached hydrogens (tertiary/aromatic N) is 2. The van der Waals surface area contributed by atoms with Crippen LogP contribution in [0.4, 0.5) is 0 Å². The minimum absolute atomic E-state index is 0.0494. The van der Waals surface area contributed by atoms with Crippen molar-refractivity contribution in [1.82, 2.24) is 9.38 Å². The van der Waals surface area contributed by atoms with Gasteiger partial charge in [-0.05, 0) is 6.54 Å². The van der Waals surface area contributed by atoms with E-state index in [1.54, 1.807) is 10.6 Å². The molecule has 0 aliphatic carbocycles. The van der Waals surface area contributed by atoms with Crippen molar-refractivity contribution in [2.75, 3.05) is 6.54 Å². The number of hydrogen-bond donors (Lipinski definition) is 1. The lowest BCUT2D eigenvalue weighted by Crippen LogP contribution is -2.09. The van der Waals surface area contributed by atoms with Crippen molar-refractivity contribution < 1.29 is 4.79 Å². The molecule has 2 N–H and O–H groups in total. The topological polar surface area (TPSA) is 60.4 Å². The first kappa shape index (κ1) is 8.40. The minimum Gasteiger partial charge on any atom is -0.330 e. The maximum atomic E-state index is 11.5.